The highest BCUT2D eigenvalue weighted by Crippen LogP contribution is 2.37. The third kappa shape index (κ3) is 4.17. The topological polar surface area (TPSA) is 110 Å². The zero-order chi connectivity index (χ0) is 19.6. The standard InChI is InChI=1S/C18H18ClN3O5/c19-14-3-1-12(2-4-14)18(23)13-7-9-20(10-8-13)16-6-5-15(21(24)25)11-17(16)22(26)27/h1-6,11,13,18,23H,7-10H2. The van der Waals surface area contributed by atoms with Crippen molar-refractivity contribution < 1.29 is 15.0 Å². The van der Waals surface area contributed by atoms with E-state index in [2.05, 4.69) is 0 Å². The first-order chi connectivity index (χ1) is 12.9. The Morgan fingerprint density at radius 1 is 1.04 bits per heavy atom. The fraction of sp³-hybridized carbons (Fsp3) is 0.333. The summed E-state index contributed by atoms with van der Waals surface area (Å²) in [7, 11) is 0. The van der Waals surface area contributed by atoms with Gasteiger partial charge in [0.1, 0.15) is 5.69 Å². The Bertz CT molecular complexity index is 851. The van der Waals surface area contributed by atoms with Gasteiger partial charge in [-0.05, 0) is 42.5 Å². The third-order valence-electron chi connectivity index (χ3n) is 4.90. The van der Waals surface area contributed by atoms with Gasteiger partial charge in [-0.2, -0.15) is 0 Å². The molecule has 2 aromatic rings. The number of anilines is 1. The molecular weight excluding hydrogens is 374 g/mol. The molecule has 0 saturated carbocycles. The first kappa shape index (κ1) is 19.1. The van der Waals surface area contributed by atoms with E-state index >= 15 is 0 Å². The van der Waals surface area contributed by atoms with Gasteiger partial charge < -0.3 is 10.0 Å². The van der Waals surface area contributed by atoms with Crippen LogP contribution in [0.15, 0.2) is 42.5 Å². The van der Waals surface area contributed by atoms with Crippen LogP contribution in [0.25, 0.3) is 0 Å². The normalized spacial score (nSPS) is 16.1. The summed E-state index contributed by atoms with van der Waals surface area (Å²) in [5, 5.41) is 33.4. The largest absolute Gasteiger partial charge is 0.388 e. The number of nitro groups is 2. The first-order valence-corrected chi connectivity index (χ1v) is 8.86. The number of halogens is 1. The Balaban J connectivity index is 1.73. The maximum Gasteiger partial charge on any atom is 0.299 e. The van der Waals surface area contributed by atoms with Crippen LogP contribution in [0, 0.1) is 26.1 Å². The Morgan fingerprint density at radius 2 is 1.67 bits per heavy atom. The van der Waals surface area contributed by atoms with Crippen LogP contribution in [0.2, 0.25) is 5.02 Å². The van der Waals surface area contributed by atoms with Crippen molar-refractivity contribution in [2.45, 2.75) is 18.9 Å². The van der Waals surface area contributed by atoms with Gasteiger partial charge in [0.15, 0.2) is 0 Å². The predicted octanol–water partition coefficient (Wildman–Crippen LogP) is 4.11. The van der Waals surface area contributed by atoms with Gasteiger partial charge in [0.05, 0.1) is 22.0 Å². The van der Waals surface area contributed by atoms with Crippen LogP contribution in [0.5, 0.6) is 0 Å². The molecule has 0 aliphatic carbocycles. The van der Waals surface area contributed by atoms with Gasteiger partial charge in [-0.3, -0.25) is 20.2 Å². The molecule has 0 spiro atoms. The zero-order valence-corrected chi connectivity index (χ0v) is 15.1. The summed E-state index contributed by atoms with van der Waals surface area (Å²) >= 11 is 5.87. The Kier molecular flexibility index (Phi) is 5.57. The molecule has 1 fully saturated rings. The van der Waals surface area contributed by atoms with Gasteiger partial charge in [0.25, 0.3) is 11.4 Å². The quantitative estimate of drug-likeness (QED) is 0.606. The van der Waals surface area contributed by atoms with Gasteiger partial charge in [-0.1, -0.05) is 23.7 Å². The van der Waals surface area contributed by atoms with E-state index in [1.807, 2.05) is 4.90 Å². The predicted molar refractivity (Wildman–Crippen MR) is 101 cm³/mol. The van der Waals surface area contributed by atoms with Gasteiger partial charge >= 0.3 is 0 Å². The van der Waals surface area contributed by atoms with Gasteiger partial charge in [0.2, 0.25) is 0 Å². The summed E-state index contributed by atoms with van der Waals surface area (Å²) in [5.41, 5.74) is 0.573. The van der Waals surface area contributed by atoms with E-state index in [1.54, 1.807) is 24.3 Å². The second kappa shape index (κ2) is 7.89. The van der Waals surface area contributed by atoms with Crippen molar-refractivity contribution in [3.8, 4) is 0 Å². The van der Waals surface area contributed by atoms with Gasteiger partial charge in [-0.25, -0.2) is 0 Å². The van der Waals surface area contributed by atoms with Crippen molar-refractivity contribution in [1.82, 2.24) is 0 Å². The summed E-state index contributed by atoms with van der Waals surface area (Å²) in [6.45, 7) is 1.04. The Labute approximate surface area is 160 Å². The van der Waals surface area contributed by atoms with Crippen LogP contribution in [-0.4, -0.2) is 28.0 Å². The molecule has 1 heterocycles. The molecule has 3 rings (SSSR count). The molecule has 8 nitrogen and oxygen atoms in total. The highest BCUT2D eigenvalue weighted by molar-refractivity contribution is 6.30. The fourth-order valence-corrected chi connectivity index (χ4v) is 3.55. The highest BCUT2D eigenvalue weighted by Gasteiger charge is 2.30. The summed E-state index contributed by atoms with van der Waals surface area (Å²) < 4.78 is 0. The molecule has 0 aromatic heterocycles. The minimum Gasteiger partial charge on any atom is -0.388 e. The number of benzene rings is 2. The second-order valence-corrected chi connectivity index (χ2v) is 6.94. The second-order valence-electron chi connectivity index (χ2n) is 6.51. The Morgan fingerprint density at radius 3 is 2.22 bits per heavy atom. The van der Waals surface area contributed by atoms with E-state index in [0.29, 0.717) is 36.6 Å². The number of nitrogens with zero attached hydrogens (tertiary/aromatic N) is 3. The van der Waals surface area contributed by atoms with Gasteiger partial charge in [-0.15, -0.1) is 0 Å². The first-order valence-electron chi connectivity index (χ1n) is 8.48. The van der Waals surface area contributed by atoms with Crippen LogP contribution >= 0.6 is 11.6 Å². The molecule has 0 radical (unpaired) electrons. The molecule has 2 aromatic carbocycles. The minimum absolute atomic E-state index is 0.0273. The number of hydrogen-bond donors (Lipinski definition) is 1. The lowest BCUT2D eigenvalue weighted by Gasteiger charge is -2.35. The minimum atomic E-state index is -0.647. The molecular formula is C18H18ClN3O5. The molecule has 27 heavy (non-hydrogen) atoms. The lowest BCUT2D eigenvalue weighted by Crippen LogP contribution is -2.36. The third-order valence-corrected chi connectivity index (χ3v) is 5.16. The molecule has 1 saturated heterocycles. The van der Waals surface area contributed by atoms with E-state index in [4.69, 9.17) is 11.6 Å². The maximum atomic E-state index is 11.3. The zero-order valence-electron chi connectivity index (χ0n) is 14.3. The molecule has 1 unspecified atom stereocenters. The molecule has 1 atom stereocenters. The van der Waals surface area contributed by atoms with Crippen LogP contribution in [0.4, 0.5) is 17.1 Å². The van der Waals surface area contributed by atoms with E-state index < -0.39 is 16.0 Å². The molecule has 0 bridgehead atoms. The van der Waals surface area contributed by atoms with Crippen LogP contribution in [-0.2, 0) is 0 Å². The van der Waals surface area contributed by atoms with E-state index in [1.165, 1.54) is 12.1 Å². The molecule has 9 heteroatoms. The van der Waals surface area contributed by atoms with Crippen LogP contribution in [0.3, 0.4) is 0 Å². The van der Waals surface area contributed by atoms with Crippen LogP contribution in [0.1, 0.15) is 24.5 Å². The van der Waals surface area contributed by atoms with Crippen molar-refractivity contribution in [2.24, 2.45) is 5.92 Å². The highest BCUT2D eigenvalue weighted by atomic mass is 35.5. The summed E-state index contributed by atoms with van der Waals surface area (Å²) in [5.74, 6) is 0.0273. The molecule has 1 aliphatic rings. The fourth-order valence-electron chi connectivity index (χ4n) is 3.43. The lowest BCUT2D eigenvalue weighted by atomic mass is 9.87. The number of nitro benzene ring substituents is 2. The van der Waals surface area contributed by atoms with E-state index in [0.717, 1.165) is 11.6 Å². The maximum absolute atomic E-state index is 11.3. The van der Waals surface area contributed by atoms with Crippen LogP contribution < -0.4 is 4.90 Å². The lowest BCUT2D eigenvalue weighted by molar-refractivity contribution is -0.393. The van der Waals surface area contributed by atoms with Crippen molar-refractivity contribution in [3.05, 3.63) is 73.3 Å². The summed E-state index contributed by atoms with van der Waals surface area (Å²) in [6, 6.07) is 10.7. The SMILES string of the molecule is O=[N+]([O-])c1ccc(N2CCC(C(O)c3ccc(Cl)cc3)CC2)c([N+](=O)[O-])c1. The number of aliphatic hydroxyl groups is 1. The average molecular weight is 392 g/mol. The summed E-state index contributed by atoms with van der Waals surface area (Å²) in [6.07, 6.45) is 0.673. The van der Waals surface area contributed by atoms with E-state index in [-0.39, 0.29) is 17.3 Å². The number of aliphatic hydroxyl groups excluding tert-OH is 1. The van der Waals surface area contributed by atoms with E-state index in [9.17, 15) is 25.3 Å². The number of non-ortho nitro benzene ring substituents is 1. The monoisotopic (exact) mass is 391 g/mol. The number of rotatable bonds is 5. The van der Waals surface area contributed by atoms with Crippen molar-refractivity contribution in [3.63, 3.8) is 0 Å². The molecule has 142 valence electrons. The number of hydrogen-bond acceptors (Lipinski definition) is 6. The molecule has 1 N–H and O–H groups in total. The summed E-state index contributed by atoms with van der Waals surface area (Å²) in [4.78, 5) is 22.8. The molecule has 0 amide bonds. The van der Waals surface area contributed by atoms with Gasteiger partial charge in [0, 0.05) is 24.2 Å². The van der Waals surface area contributed by atoms with Crippen molar-refractivity contribution in [1.29, 1.82) is 0 Å². The average Bonchev–Trinajstić information content (AvgIpc) is 2.67. The molecule has 1 aliphatic heterocycles. The smallest absolute Gasteiger partial charge is 0.299 e. The Hall–Kier alpha value is -2.71. The van der Waals surface area contributed by atoms with Crippen molar-refractivity contribution >= 4 is 28.7 Å². The number of piperidine rings is 1. The van der Waals surface area contributed by atoms with Crippen molar-refractivity contribution in [2.75, 3.05) is 18.0 Å².